The molecule has 31 heavy (non-hydrogen) atoms. The molecule has 0 fully saturated rings. The Kier molecular flexibility index (Phi) is 7.66. The minimum atomic E-state index is -0.963. The van der Waals surface area contributed by atoms with Crippen LogP contribution in [0.4, 0.5) is 5.69 Å². The van der Waals surface area contributed by atoms with E-state index in [-0.39, 0.29) is 30.7 Å². The third-order valence-electron chi connectivity index (χ3n) is 3.93. The summed E-state index contributed by atoms with van der Waals surface area (Å²) < 4.78 is 4.24. The highest BCUT2D eigenvalue weighted by atomic mass is 32.2. The van der Waals surface area contributed by atoms with Crippen molar-refractivity contribution in [1.29, 1.82) is 0 Å². The predicted octanol–water partition coefficient (Wildman–Crippen LogP) is 1.22. The van der Waals surface area contributed by atoms with E-state index in [2.05, 4.69) is 20.6 Å². The van der Waals surface area contributed by atoms with Crippen molar-refractivity contribution in [1.82, 2.24) is 5.32 Å². The summed E-state index contributed by atoms with van der Waals surface area (Å²) in [5.41, 5.74) is 10.4. The van der Waals surface area contributed by atoms with Crippen LogP contribution in [0.5, 0.6) is 0 Å². The fraction of sp³-hybridized carbons (Fsp3) is 0.450. The van der Waals surface area contributed by atoms with Gasteiger partial charge in [-0.05, 0) is 45.9 Å². The standard InChI is InChI=1S/C20H28N6O4S/c1-19(2,3)30-14(27)8-9-23-15(28)12-6-5-7-13(10-12)25-16(29)20(4)11-24-18(31-20)26-17(21)22/h5-7,10-11,18H,8-9H2,1-4H3,(H,23,28)(H,25,29)(H4,21,22,26). The van der Waals surface area contributed by atoms with Gasteiger partial charge in [-0.3, -0.25) is 19.4 Å². The summed E-state index contributed by atoms with van der Waals surface area (Å²) >= 11 is 1.19. The van der Waals surface area contributed by atoms with E-state index < -0.39 is 21.8 Å². The van der Waals surface area contributed by atoms with Crippen molar-refractivity contribution >= 4 is 47.4 Å². The number of carbonyl (C=O) groups excluding carboxylic acids is 3. The molecule has 1 aliphatic rings. The van der Waals surface area contributed by atoms with Gasteiger partial charge >= 0.3 is 5.97 Å². The van der Waals surface area contributed by atoms with Crippen LogP contribution in [0.2, 0.25) is 0 Å². The highest BCUT2D eigenvalue weighted by Gasteiger charge is 2.39. The molecule has 0 saturated carbocycles. The monoisotopic (exact) mass is 448 g/mol. The second-order valence-electron chi connectivity index (χ2n) is 8.01. The number of esters is 1. The number of thioether (sulfide) groups is 1. The quantitative estimate of drug-likeness (QED) is 0.277. The molecule has 2 amide bonds. The van der Waals surface area contributed by atoms with E-state index in [1.807, 2.05) is 0 Å². The summed E-state index contributed by atoms with van der Waals surface area (Å²) in [6.45, 7) is 7.18. The summed E-state index contributed by atoms with van der Waals surface area (Å²) in [5, 5.41) is 5.44. The number of guanidine groups is 1. The van der Waals surface area contributed by atoms with Gasteiger partial charge in [-0.2, -0.15) is 0 Å². The first-order valence-corrected chi connectivity index (χ1v) is 10.5. The van der Waals surface area contributed by atoms with Crippen LogP contribution in [0.15, 0.2) is 34.3 Å². The van der Waals surface area contributed by atoms with E-state index in [0.29, 0.717) is 11.3 Å². The normalized spacial score (nSPS) is 20.1. The first kappa shape index (κ1) is 24.2. The molecule has 0 aliphatic carbocycles. The van der Waals surface area contributed by atoms with Crippen LogP contribution in [0.3, 0.4) is 0 Å². The lowest BCUT2D eigenvalue weighted by Crippen LogP contribution is -2.37. The van der Waals surface area contributed by atoms with Crippen molar-refractivity contribution in [2.45, 2.75) is 50.0 Å². The average molecular weight is 449 g/mol. The minimum Gasteiger partial charge on any atom is -0.460 e. The number of carbonyl (C=O) groups is 3. The van der Waals surface area contributed by atoms with E-state index >= 15 is 0 Å². The Morgan fingerprint density at radius 1 is 1.29 bits per heavy atom. The van der Waals surface area contributed by atoms with Crippen molar-refractivity contribution in [3.05, 3.63) is 29.8 Å². The van der Waals surface area contributed by atoms with Crippen LogP contribution < -0.4 is 22.1 Å². The number of rotatable bonds is 7. The van der Waals surface area contributed by atoms with Crippen LogP contribution >= 0.6 is 11.8 Å². The number of amides is 2. The van der Waals surface area contributed by atoms with Gasteiger partial charge in [0.05, 0.1) is 6.42 Å². The van der Waals surface area contributed by atoms with Crippen molar-refractivity contribution in [3.8, 4) is 0 Å². The molecular formula is C20H28N6O4S. The number of ether oxygens (including phenoxy) is 1. The van der Waals surface area contributed by atoms with Crippen LogP contribution in [0.25, 0.3) is 0 Å². The maximum atomic E-state index is 12.7. The Hall–Kier alpha value is -3.08. The van der Waals surface area contributed by atoms with Crippen LogP contribution in [-0.2, 0) is 14.3 Å². The Morgan fingerprint density at radius 3 is 2.65 bits per heavy atom. The topological polar surface area (TPSA) is 161 Å². The fourth-order valence-corrected chi connectivity index (χ4v) is 3.57. The molecule has 0 bridgehead atoms. The molecule has 2 unspecified atom stereocenters. The van der Waals surface area contributed by atoms with E-state index in [0.717, 1.165) is 0 Å². The van der Waals surface area contributed by atoms with Gasteiger partial charge in [0.15, 0.2) is 11.5 Å². The maximum absolute atomic E-state index is 12.7. The molecule has 2 rings (SSSR count). The third kappa shape index (κ3) is 7.59. The first-order valence-electron chi connectivity index (χ1n) is 9.60. The average Bonchev–Trinajstić information content (AvgIpc) is 3.01. The number of nitrogens with two attached hydrogens (primary N) is 2. The number of nitrogens with zero attached hydrogens (tertiary/aromatic N) is 2. The summed E-state index contributed by atoms with van der Waals surface area (Å²) in [5.74, 6) is -1.19. The molecule has 10 nitrogen and oxygen atoms in total. The Labute approximate surface area is 185 Å². The number of nitrogens with one attached hydrogen (secondary N) is 2. The zero-order valence-electron chi connectivity index (χ0n) is 18.0. The second-order valence-corrected chi connectivity index (χ2v) is 9.52. The Balaban J connectivity index is 1.92. The summed E-state index contributed by atoms with van der Waals surface area (Å²) in [4.78, 5) is 44.9. The molecule has 6 N–H and O–H groups in total. The van der Waals surface area contributed by atoms with Gasteiger partial charge in [-0.25, -0.2) is 4.99 Å². The molecule has 1 heterocycles. The summed E-state index contributed by atoms with van der Waals surface area (Å²) in [6, 6.07) is 6.48. The molecule has 0 aromatic heterocycles. The van der Waals surface area contributed by atoms with E-state index in [1.165, 1.54) is 18.0 Å². The number of benzene rings is 1. The molecule has 168 valence electrons. The summed E-state index contributed by atoms with van der Waals surface area (Å²) in [7, 11) is 0. The molecule has 0 saturated heterocycles. The molecule has 1 aromatic carbocycles. The van der Waals surface area contributed by atoms with Gasteiger partial charge in [-0.1, -0.05) is 17.8 Å². The molecule has 2 atom stereocenters. The Bertz CT molecular complexity index is 907. The molecule has 1 aromatic rings. The number of hydrogen-bond acceptors (Lipinski definition) is 7. The SMILES string of the molecule is CC(C)(C)OC(=O)CCNC(=O)c1cccc(NC(=O)C2(C)C=NC(N=C(N)N)S2)c1. The first-order chi connectivity index (χ1) is 14.4. The van der Waals surface area contributed by atoms with Crippen LogP contribution in [0.1, 0.15) is 44.5 Å². The third-order valence-corrected chi connectivity index (χ3v) is 5.14. The largest absolute Gasteiger partial charge is 0.460 e. The number of hydrogen-bond donors (Lipinski definition) is 4. The zero-order chi connectivity index (χ0) is 23.2. The smallest absolute Gasteiger partial charge is 0.308 e. The van der Waals surface area contributed by atoms with Gasteiger partial charge in [0, 0.05) is 24.0 Å². The number of anilines is 1. The Morgan fingerprint density at radius 2 is 2.00 bits per heavy atom. The number of aliphatic imine (C=N–C) groups is 2. The summed E-state index contributed by atoms with van der Waals surface area (Å²) in [6.07, 6.45) is 1.56. The molecular weight excluding hydrogens is 420 g/mol. The fourth-order valence-electron chi connectivity index (χ4n) is 2.55. The molecule has 11 heteroatoms. The van der Waals surface area contributed by atoms with Crippen molar-refractivity contribution in [2.75, 3.05) is 11.9 Å². The highest BCUT2D eigenvalue weighted by molar-refractivity contribution is 8.03. The minimum absolute atomic E-state index is 0.0608. The lowest BCUT2D eigenvalue weighted by atomic mass is 10.1. The molecule has 0 radical (unpaired) electrons. The van der Waals surface area contributed by atoms with E-state index in [4.69, 9.17) is 16.2 Å². The zero-order valence-corrected chi connectivity index (χ0v) is 18.8. The molecule has 1 aliphatic heterocycles. The van der Waals surface area contributed by atoms with Gasteiger partial charge < -0.3 is 26.8 Å². The second kappa shape index (κ2) is 9.82. The lowest BCUT2D eigenvalue weighted by molar-refractivity contribution is -0.154. The van der Waals surface area contributed by atoms with E-state index in [1.54, 1.807) is 52.0 Å². The van der Waals surface area contributed by atoms with Crippen molar-refractivity contribution < 1.29 is 19.1 Å². The maximum Gasteiger partial charge on any atom is 0.308 e. The van der Waals surface area contributed by atoms with Gasteiger partial charge in [0.25, 0.3) is 5.91 Å². The molecule has 0 spiro atoms. The van der Waals surface area contributed by atoms with Crippen LogP contribution in [0, 0.1) is 0 Å². The lowest BCUT2D eigenvalue weighted by Gasteiger charge is -2.20. The van der Waals surface area contributed by atoms with Gasteiger partial charge in [-0.15, -0.1) is 0 Å². The highest BCUT2D eigenvalue weighted by Crippen LogP contribution is 2.35. The van der Waals surface area contributed by atoms with Crippen molar-refractivity contribution in [3.63, 3.8) is 0 Å². The van der Waals surface area contributed by atoms with Crippen LogP contribution in [-0.4, -0.2) is 52.3 Å². The predicted molar refractivity (Wildman–Crippen MR) is 122 cm³/mol. The van der Waals surface area contributed by atoms with Gasteiger partial charge in [0.1, 0.15) is 10.3 Å². The van der Waals surface area contributed by atoms with Crippen molar-refractivity contribution in [2.24, 2.45) is 21.5 Å². The van der Waals surface area contributed by atoms with Gasteiger partial charge in [0.2, 0.25) is 5.91 Å². The van der Waals surface area contributed by atoms with E-state index in [9.17, 15) is 14.4 Å².